The fraction of sp³-hybridized carbons (Fsp3) is 0.562. The summed E-state index contributed by atoms with van der Waals surface area (Å²) in [6.07, 6.45) is 12.7. The van der Waals surface area contributed by atoms with Gasteiger partial charge in [-0.3, -0.25) is 5.01 Å². The predicted molar refractivity (Wildman–Crippen MR) is 91.1 cm³/mol. The largest absolute Gasteiger partial charge is 0.300 e. The number of alkyl halides is 1. The van der Waals surface area contributed by atoms with Crippen LogP contribution in [-0.4, -0.2) is 29.1 Å². The Balaban J connectivity index is 4.89. The van der Waals surface area contributed by atoms with Crippen molar-refractivity contribution in [3.05, 3.63) is 36.0 Å². The number of allylic oxidation sites excluding steroid dienone is 6. The Morgan fingerprint density at radius 2 is 2.05 bits per heavy atom. The molecule has 1 atom stereocenters. The molecule has 0 aliphatic carbocycles. The van der Waals surface area contributed by atoms with Gasteiger partial charge in [-0.25, -0.2) is 0 Å². The van der Waals surface area contributed by atoms with E-state index >= 15 is 0 Å². The zero-order valence-corrected chi connectivity index (χ0v) is 14.4. The lowest BCUT2D eigenvalue weighted by Crippen LogP contribution is -2.13. The summed E-state index contributed by atoms with van der Waals surface area (Å²) in [5, 5.41) is 6.58. The second-order valence-corrected chi connectivity index (χ2v) is 5.61. The molecule has 0 radical (unpaired) electrons. The quantitative estimate of drug-likeness (QED) is 0.267. The molecule has 108 valence electrons. The summed E-state index contributed by atoms with van der Waals surface area (Å²) >= 11 is 3.63. The number of hydrogen-bond donors (Lipinski definition) is 0. The van der Waals surface area contributed by atoms with Crippen LogP contribution in [0.15, 0.2) is 41.1 Å². The van der Waals surface area contributed by atoms with Crippen LogP contribution in [0.4, 0.5) is 0 Å². The fourth-order valence-electron chi connectivity index (χ4n) is 1.41. The molecule has 0 rings (SSSR count). The maximum atomic E-state index is 4.62. The molecule has 0 heterocycles. The molecule has 0 saturated carbocycles. The van der Waals surface area contributed by atoms with Crippen molar-refractivity contribution in [3.8, 4) is 0 Å². The lowest BCUT2D eigenvalue weighted by atomic mass is 10.1. The van der Waals surface area contributed by atoms with E-state index in [4.69, 9.17) is 0 Å². The Labute approximate surface area is 127 Å². The first-order valence-electron chi connectivity index (χ1n) is 6.95. The molecule has 0 aromatic carbocycles. The third kappa shape index (κ3) is 8.82. The van der Waals surface area contributed by atoms with Crippen LogP contribution < -0.4 is 0 Å². The molecule has 0 aliphatic rings. The van der Waals surface area contributed by atoms with Crippen molar-refractivity contribution in [3.63, 3.8) is 0 Å². The number of halogens is 1. The second kappa shape index (κ2) is 11.0. The standard InChI is InChI=1S/C16H27BrN2/c1-6-9-11-16(18-19(5)8-3)14(4)12-13-15(17)10-7-2/h7,9-12,15H,6,8,13H2,1-5H3/b10-7-,11-9-,14-12+,18-16+. The van der Waals surface area contributed by atoms with Gasteiger partial charge >= 0.3 is 0 Å². The highest BCUT2D eigenvalue weighted by Crippen LogP contribution is 2.11. The Hall–Kier alpha value is -0.830. The highest BCUT2D eigenvalue weighted by Gasteiger charge is 2.02. The van der Waals surface area contributed by atoms with Crippen molar-refractivity contribution in [1.82, 2.24) is 5.01 Å². The van der Waals surface area contributed by atoms with E-state index in [9.17, 15) is 0 Å². The fourth-order valence-corrected chi connectivity index (χ4v) is 1.90. The van der Waals surface area contributed by atoms with Crippen LogP contribution in [0.5, 0.6) is 0 Å². The van der Waals surface area contributed by atoms with Crippen LogP contribution in [0.25, 0.3) is 0 Å². The first-order chi connectivity index (χ1) is 9.04. The van der Waals surface area contributed by atoms with Gasteiger partial charge in [-0.15, -0.1) is 0 Å². The molecule has 19 heavy (non-hydrogen) atoms. The number of nitrogens with zero attached hydrogens (tertiary/aromatic N) is 2. The Kier molecular flexibility index (Phi) is 10.6. The molecule has 0 spiro atoms. The number of hydrogen-bond acceptors (Lipinski definition) is 2. The normalized spacial score (nSPS) is 15.5. The molecular weight excluding hydrogens is 300 g/mol. The summed E-state index contributed by atoms with van der Waals surface area (Å²) in [4.78, 5) is 0.396. The summed E-state index contributed by atoms with van der Waals surface area (Å²) in [6.45, 7) is 9.31. The minimum atomic E-state index is 0.396. The zero-order chi connectivity index (χ0) is 14.7. The van der Waals surface area contributed by atoms with Crippen molar-refractivity contribution in [1.29, 1.82) is 0 Å². The summed E-state index contributed by atoms with van der Waals surface area (Å²) in [7, 11) is 2.00. The Morgan fingerprint density at radius 3 is 2.58 bits per heavy atom. The van der Waals surface area contributed by atoms with Crippen molar-refractivity contribution in [2.75, 3.05) is 13.6 Å². The minimum Gasteiger partial charge on any atom is -0.300 e. The topological polar surface area (TPSA) is 15.6 Å². The number of hydrazone groups is 1. The highest BCUT2D eigenvalue weighted by atomic mass is 79.9. The third-order valence-corrected chi connectivity index (χ3v) is 3.38. The molecule has 0 aromatic heterocycles. The smallest absolute Gasteiger partial charge is 0.0854 e. The summed E-state index contributed by atoms with van der Waals surface area (Å²) in [6, 6.07) is 0. The van der Waals surface area contributed by atoms with Crippen LogP contribution in [-0.2, 0) is 0 Å². The van der Waals surface area contributed by atoms with E-state index in [0.717, 1.165) is 25.1 Å². The third-order valence-electron chi connectivity index (χ3n) is 2.70. The highest BCUT2D eigenvalue weighted by molar-refractivity contribution is 9.09. The molecule has 0 aromatic rings. The molecule has 2 nitrogen and oxygen atoms in total. The summed E-state index contributed by atoms with van der Waals surface area (Å²) < 4.78 is 0. The van der Waals surface area contributed by atoms with E-state index in [1.54, 1.807) is 0 Å². The SMILES string of the molecule is C/C=C\C(Br)C/C=C(C)/C(/C=C\CC)=N/N(C)CC. The molecule has 0 amide bonds. The van der Waals surface area contributed by atoms with Crippen LogP contribution >= 0.6 is 15.9 Å². The molecule has 0 fully saturated rings. The van der Waals surface area contributed by atoms with Gasteiger partial charge in [0.05, 0.1) is 5.71 Å². The van der Waals surface area contributed by atoms with Gasteiger partial charge in [0.1, 0.15) is 0 Å². The van der Waals surface area contributed by atoms with Crippen LogP contribution in [0.1, 0.15) is 40.5 Å². The van der Waals surface area contributed by atoms with Crippen molar-refractivity contribution in [2.24, 2.45) is 5.10 Å². The Morgan fingerprint density at radius 1 is 1.37 bits per heavy atom. The summed E-state index contributed by atoms with van der Waals surface area (Å²) in [5.41, 5.74) is 2.27. The molecule has 3 heteroatoms. The zero-order valence-electron chi connectivity index (χ0n) is 12.9. The van der Waals surface area contributed by atoms with Crippen molar-refractivity contribution < 1.29 is 0 Å². The lowest BCUT2D eigenvalue weighted by Gasteiger charge is -2.12. The van der Waals surface area contributed by atoms with E-state index in [1.807, 2.05) is 19.0 Å². The van der Waals surface area contributed by atoms with E-state index in [0.29, 0.717) is 4.83 Å². The van der Waals surface area contributed by atoms with Gasteiger partial charge in [-0.05, 0) is 45.3 Å². The maximum Gasteiger partial charge on any atom is 0.0854 e. The van der Waals surface area contributed by atoms with E-state index in [2.05, 4.69) is 72.2 Å². The Bertz CT molecular complexity index is 354. The number of rotatable bonds is 8. The van der Waals surface area contributed by atoms with Gasteiger partial charge < -0.3 is 0 Å². The maximum absolute atomic E-state index is 4.62. The lowest BCUT2D eigenvalue weighted by molar-refractivity contribution is 0.376. The minimum absolute atomic E-state index is 0.396. The second-order valence-electron chi connectivity index (χ2n) is 4.43. The first kappa shape index (κ1) is 18.2. The molecular formula is C16H27BrN2. The monoisotopic (exact) mass is 326 g/mol. The molecule has 1 unspecified atom stereocenters. The van der Waals surface area contributed by atoms with Crippen LogP contribution in [0.3, 0.4) is 0 Å². The average molecular weight is 327 g/mol. The van der Waals surface area contributed by atoms with E-state index < -0.39 is 0 Å². The van der Waals surface area contributed by atoms with Crippen LogP contribution in [0.2, 0.25) is 0 Å². The van der Waals surface area contributed by atoms with Crippen molar-refractivity contribution in [2.45, 2.75) is 45.4 Å². The average Bonchev–Trinajstić information content (AvgIpc) is 2.40. The van der Waals surface area contributed by atoms with Gasteiger partial charge in [0.25, 0.3) is 0 Å². The van der Waals surface area contributed by atoms with Gasteiger partial charge in [0.15, 0.2) is 0 Å². The van der Waals surface area contributed by atoms with Gasteiger partial charge in [-0.2, -0.15) is 5.10 Å². The van der Waals surface area contributed by atoms with E-state index in [1.165, 1.54) is 5.57 Å². The van der Waals surface area contributed by atoms with Gasteiger partial charge in [-0.1, -0.05) is 47.2 Å². The van der Waals surface area contributed by atoms with Gasteiger partial charge in [0.2, 0.25) is 0 Å². The molecule has 0 saturated heterocycles. The molecule has 0 bridgehead atoms. The van der Waals surface area contributed by atoms with Crippen LogP contribution in [0, 0.1) is 0 Å². The van der Waals surface area contributed by atoms with Crippen molar-refractivity contribution >= 4 is 21.6 Å². The summed E-state index contributed by atoms with van der Waals surface area (Å²) in [5.74, 6) is 0. The first-order valence-corrected chi connectivity index (χ1v) is 7.86. The molecule has 0 aliphatic heterocycles. The molecule has 0 N–H and O–H groups in total. The van der Waals surface area contributed by atoms with E-state index in [-0.39, 0.29) is 0 Å². The van der Waals surface area contributed by atoms with Gasteiger partial charge in [0, 0.05) is 18.4 Å². The predicted octanol–water partition coefficient (Wildman–Crippen LogP) is 4.94.